The molecule has 0 amide bonds. The molecule has 1 nitrogen and oxygen atoms in total. The first-order valence-corrected chi connectivity index (χ1v) is 5.65. The minimum atomic E-state index is -4.27. The minimum Gasteiger partial charge on any atom is -0.327 e. The molecule has 0 bridgehead atoms. The molecule has 1 aliphatic rings. The van der Waals surface area contributed by atoms with Crippen LogP contribution in [0.2, 0.25) is 0 Å². The van der Waals surface area contributed by atoms with Gasteiger partial charge in [-0.1, -0.05) is 32.0 Å². The molecule has 2 rings (SSSR count). The van der Waals surface area contributed by atoms with Crippen molar-refractivity contribution in [2.75, 3.05) is 0 Å². The third-order valence-corrected chi connectivity index (χ3v) is 3.96. The van der Waals surface area contributed by atoms with Crippen LogP contribution in [0.1, 0.15) is 37.3 Å². The van der Waals surface area contributed by atoms with Gasteiger partial charge in [0, 0.05) is 6.04 Å². The predicted octanol–water partition coefficient (Wildman–Crippen LogP) is 3.55. The van der Waals surface area contributed by atoms with Crippen LogP contribution in [0.5, 0.6) is 0 Å². The fourth-order valence-corrected chi connectivity index (χ4v) is 2.46. The monoisotopic (exact) mass is 243 g/mol. The maximum absolute atomic E-state index is 12.6. The number of alkyl halides is 3. The molecule has 1 aromatic rings. The Kier molecular flexibility index (Phi) is 2.73. The molecule has 0 heterocycles. The van der Waals surface area contributed by atoms with Crippen LogP contribution in [0.3, 0.4) is 0 Å². The molecule has 0 spiro atoms. The van der Waals surface area contributed by atoms with Crippen molar-refractivity contribution < 1.29 is 13.2 Å². The molecule has 1 fully saturated rings. The second-order valence-electron chi connectivity index (χ2n) is 5.34. The zero-order chi connectivity index (χ0) is 12.8. The molecule has 17 heavy (non-hydrogen) atoms. The fraction of sp³-hybridized carbons (Fsp3) is 0.538. The van der Waals surface area contributed by atoms with Crippen molar-refractivity contribution in [3.63, 3.8) is 0 Å². The van der Waals surface area contributed by atoms with Gasteiger partial charge in [-0.05, 0) is 29.4 Å². The zero-order valence-corrected chi connectivity index (χ0v) is 9.88. The number of hydrogen-bond acceptors (Lipinski definition) is 1. The highest BCUT2D eigenvalue weighted by Crippen LogP contribution is 2.51. The van der Waals surface area contributed by atoms with Crippen LogP contribution < -0.4 is 5.73 Å². The summed E-state index contributed by atoms with van der Waals surface area (Å²) in [6, 6.07) is 5.65. The summed E-state index contributed by atoms with van der Waals surface area (Å²) in [5.41, 5.74) is 5.93. The topological polar surface area (TPSA) is 26.0 Å². The van der Waals surface area contributed by atoms with Gasteiger partial charge in [0.1, 0.15) is 0 Å². The highest BCUT2D eigenvalue weighted by molar-refractivity contribution is 5.32. The Labute approximate surface area is 98.8 Å². The summed E-state index contributed by atoms with van der Waals surface area (Å²) in [4.78, 5) is 0. The first-order valence-electron chi connectivity index (χ1n) is 5.65. The number of nitrogens with two attached hydrogens (primary N) is 1. The Bertz CT molecular complexity index is 423. The normalized spacial score (nSPS) is 27.6. The average Bonchev–Trinajstić information content (AvgIpc) is 2.24. The molecule has 0 saturated heterocycles. The van der Waals surface area contributed by atoms with E-state index in [0.29, 0.717) is 0 Å². The van der Waals surface area contributed by atoms with Crippen LogP contribution >= 0.6 is 0 Å². The SMILES string of the molecule is CC1(C)C(N)CC1c1cccc(C(F)(F)F)c1. The molecule has 2 atom stereocenters. The van der Waals surface area contributed by atoms with Gasteiger partial charge in [-0.2, -0.15) is 13.2 Å². The molecule has 4 heteroatoms. The Hall–Kier alpha value is -1.03. The van der Waals surface area contributed by atoms with E-state index in [2.05, 4.69) is 0 Å². The number of hydrogen-bond donors (Lipinski definition) is 1. The highest BCUT2D eigenvalue weighted by Gasteiger charge is 2.46. The van der Waals surface area contributed by atoms with E-state index in [9.17, 15) is 13.2 Å². The zero-order valence-electron chi connectivity index (χ0n) is 9.88. The van der Waals surface area contributed by atoms with Crippen LogP contribution in [0.15, 0.2) is 24.3 Å². The molecular weight excluding hydrogens is 227 g/mol. The Balaban J connectivity index is 2.30. The van der Waals surface area contributed by atoms with Gasteiger partial charge in [0.15, 0.2) is 0 Å². The van der Waals surface area contributed by atoms with E-state index >= 15 is 0 Å². The van der Waals surface area contributed by atoms with Crippen LogP contribution in [-0.4, -0.2) is 6.04 Å². The van der Waals surface area contributed by atoms with Gasteiger partial charge in [0.2, 0.25) is 0 Å². The van der Waals surface area contributed by atoms with E-state index in [-0.39, 0.29) is 17.4 Å². The molecule has 2 unspecified atom stereocenters. The van der Waals surface area contributed by atoms with Crippen molar-refractivity contribution in [2.24, 2.45) is 11.1 Å². The van der Waals surface area contributed by atoms with Gasteiger partial charge >= 0.3 is 6.18 Å². The lowest BCUT2D eigenvalue weighted by atomic mass is 9.56. The van der Waals surface area contributed by atoms with Gasteiger partial charge in [-0.15, -0.1) is 0 Å². The number of rotatable bonds is 1. The largest absolute Gasteiger partial charge is 0.416 e. The second kappa shape index (κ2) is 3.73. The molecule has 94 valence electrons. The smallest absolute Gasteiger partial charge is 0.327 e. The van der Waals surface area contributed by atoms with Crippen molar-refractivity contribution in [3.8, 4) is 0 Å². The van der Waals surface area contributed by atoms with Crippen LogP contribution in [0.25, 0.3) is 0 Å². The van der Waals surface area contributed by atoms with Crippen molar-refractivity contribution >= 4 is 0 Å². The third kappa shape index (κ3) is 2.06. The standard InChI is InChI=1S/C13H16F3N/c1-12(2)10(7-11(12)17)8-4-3-5-9(6-8)13(14,15)16/h3-6,10-11H,7,17H2,1-2H3. The first-order chi connectivity index (χ1) is 7.73. The Morgan fingerprint density at radius 1 is 1.29 bits per heavy atom. The van der Waals surface area contributed by atoms with Crippen molar-refractivity contribution in [1.82, 2.24) is 0 Å². The first kappa shape index (κ1) is 12.4. The predicted molar refractivity (Wildman–Crippen MR) is 60.6 cm³/mol. The second-order valence-corrected chi connectivity index (χ2v) is 5.34. The lowest BCUT2D eigenvalue weighted by Gasteiger charge is -2.51. The summed E-state index contributed by atoms with van der Waals surface area (Å²) in [6.07, 6.45) is -3.51. The van der Waals surface area contributed by atoms with E-state index in [1.54, 1.807) is 6.07 Å². The van der Waals surface area contributed by atoms with Crippen molar-refractivity contribution in [1.29, 1.82) is 0 Å². The summed E-state index contributed by atoms with van der Waals surface area (Å²) >= 11 is 0. The molecule has 0 aromatic heterocycles. The van der Waals surface area contributed by atoms with E-state index in [4.69, 9.17) is 5.73 Å². The molecule has 1 aromatic carbocycles. The lowest BCUT2D eigenvalue weighted by Crippen LogP contribution is -2.52. The highest BCUT2D eigenvalue weighted by atomic mass is 19.4. The molecule has 1 saturated carbocycles. The van der Waals surface area contributed by atoms with Gasteiger partial charge in [0.05, 0.1) is 5.56 Å². The van der Waals surface area contributed by atoms with Crippen LogP contribution in [0, 0.1) is 5.41 Å². The molecule has 0 radical (unpaired) electrons. The molecule has 1 aliphatic carbocycles. The number of halogens is 3. The van der Waals surface area contributed by atoms with Crippen LogP contribution in [-0.2, 0) is 6.18 Å². The Morgan fingerprint density at radius 3 is 2.41 bits per heavy atom. The van der Waals surface area contributed by atoms with Crippen LogP contribution in [0.4, 0.5) is 13.2 Å². The van der Waals surface area contributed by atoms with E-state index in [1.807, 2.05) is 13.8 Å². The quantitative estimate of drug-likeness (QED) is 0.802. The maximum atomic E-state index is 12.6. The van der Waals surface area contributed by atoms with E-state index < -0.39 is 11.7 Å². The fourth-order valence-electron chi connectivity index (χ4n) is 2.46. The third-order valence-electron chi connectivity index (χ3n) is 3.96. The van der Waals surface area contributed by atoms with Gasteiger partial charge in [0.25, 0.3) is 0 Å². The average molecular weight is 243 g/mol. The van der Waals surface area contributed by atoms with Gasteiger partial charge < -0.3 is 5.73 Å². The summed E-state index contributed by atoms with van der Waals surface area (Å²) in [5, 5.41) is 0. The summed E-state index contributed by atoms with van der Waals surface area (Å²) in [6.45, 7) is 4.01. The maximum Gasteiger partial charge on any atom is 0.416 e. The van der Waals surface area contributed by atoms with Crippen molar-refractivity contribution in [2.45, 2.75) is 38.4 Å². The molecule has 0 aliphatic heterocycles. The Morgan fingerprint density at radius 2 is 1.94 bits per heavy atom. The lowest BCUT2D eigenvalue weighted by molar-refractivity contribution is -0.137. The molecular formula is C13H16F3N. The molecule has 2 N–H and O–H groups in total. The summed E-state index contributed by atoms with van der Waals surface area (Å²) in [7, 11) is 0. The van der Waals surface area contributed by atoms with E-state index in [1.165, 1.54) is 12.1 Å². The minimum absolute atomic E-state index is 0.0713. The van der Waals surface area contributed by atoms with Gasteiger partial charge in [-0.3, -0.25) is 0 Å². The van der Waals surface area contributed by atoms with Gasteiger partial charge in [-0.25, -0.2) is 0 Å². The summed E-state index contributed by atoms with van der Waals surface area (Å²) in [5.74, 6) is 0.125. The number of benzene rings is 1. The van der Waals surface area contributed by atoms with E-state index in [0.717, 1.165) is 18.1 Å². The summed E-state index contributed by atoms with van der Waals surface area (Å²) < 4.78 is 37.8. The van der Waals surface area contributed by atoms with Crippen molar-refractivity contribution in [3.05, 3.63) is 35.4 Å².